The van der Waals surface area contributed by atoms with Crippen molar-refractivity contribution in [2.45, 2.75) is 13.8 Å². The molecule has 4 rings (SSSR count). The Morgan fingerprint density at radius 2 is 1.03 bits per heavy atom. The van der Waals surface area contributed by atoms with Crippen molar-refractivity contribution < 1.29 is 47.6 Å². The van der Waals surface area contributed by atoms with E-state index in [0.29, 0.717) is 11.5 Å². The molecule has 0 aliphatic carbocycles. The van der Waals surface area contributed by atoms with Gasteiger partial charge in [-0.2, -0.15) is 0 Å². The minimum atomic E-state index is -1.14. The Morgan fingerprint density at radius 1 is 0.647 bits per heavy atom. The van der Waals surface area contributed by atoms with E-state index in [-0.39, 0.29) is 49.4 Å². The predicted octanol–water partition coefficient (Wildman–Crippen LogP) is 2.63. The largest absolute Gasteiger partial charge is 0.462 e. The van der Waals surface area contributed by atoms with Crippen LogP contribution < -0.4 is 18.9 Å². The van der Waals surface area contributed by atoms with E-state index in [1.165, 1.54) is 50.2 Å². The topological polar surface area (TPSA) is 124 Å². The second-order valence-corrected chi connectivity index (χ2v) is 6.99. The van der Waals surface area contributed by atoms with E-state index >= 15 is 0 Å². The molecule has 2 aromatic carbocycles. The fourth-order valence-corrected chi connectivity index (χ4v) is 3.39. The highest BCUT2D eigenvalue weighted by Crippen LogP contribution is 2.35. The van der Waals surface area contributed by atoms with E-state index in [1.54, 1.807) is 0 Å². The molecule has 0 spiro atoms. The van der Waals surface area contributed by atoms with Crippen LogP contribution in [-0.2, 0) is 19.1 Å². The van der Waals surface area contributed by atoms with Gasteiger partial charge in [0.25, 0.3) is 0 Å². The Bertz CT molecular complexity index is 1120. The van der Waals surface area contributed by atoms with Crippen molar-refractivity contribution in [3.8, 4) is 23.0 Å². The van der Waals surface area contributed by atoms with Gasteiger partial charge in [0.2, 0.25) is 25.2 Å². The van der Waals surface area contributed by atoms with Gasteiger partial charge in [-0.3, -0.25) is 9.59 Å². The van der Waals surface area contributed by atoms with Crippen LogP contribution in [-0.4, -0.2) is 50.3 Å². The monoisotopic (exact) mass is 468 g/mol. The van der Waals surface area contributed by atoms with Crippen LogP contribution >= 0.6 is 0 Å². The molecule has 0 saturated heterocycles. The zero-order valence-corrected chi connectivity index (χ0v) is 18.4. The lowest BCUT2D eigenvalue weighted by molar-refractivity contribution is -0.141. The summed E-state index contributed by atoms with van der Waals surface area (Å²) in [5, 5.41) is 0. The molecule has 2 aliphatic heterocycles. The molecule has 34 heavy (non-hydrogen) atoms. The smallest absolute Gasteiger partial charge is 0.343 e. The number of carbonyl (C=O) groups is 4. The number of rotatable bonds is 8. The highest BCUT2D eigenvalue weighted by molar-refractivity contribution is 6.36. The molecule has 0 N–H and O–H groups in total. The lowest BCUT2D eigenvalue weighted by Crippen LogP contribution is -2.27. The molecule has 0 fully saturated rings. The maximum atomic E-state index is 13.5. The van der Waals surface area contributed by atoms with Crippen LogP contribution in [0.2, 0.25) is 0 Å². The van der Waals surface area contributed by atoms with Crippen LogP contribution in [0.4, 0.5) is 0 Å². The Labute approximate surface area is 193 Å². The first-order valence-electron chi connectivity index (χ1n) is 10.4. The molecule has 10 heteroatoms. The average molecular weight is 468 g/mol. The summed E-state index contributed by atoms with van der Waals surface area (Å²) in [7, 11) is 0. The molecule has 0 aromatic heterocycles. The molecule has 2 heterocycles. The second kappa shape index (κ2) is 9.65. The first kappa shape index (κ1) is 22.8. The zero-order valence-electron chi connectivity index (χ0n) is 18.4. The molecule has 0 amide bonds. The molecule has 0 saturated carbocycles. The number of ether oxygens (including phenoxy) is 6. The zero-order chi connectivity index (χ0) is 24.2. The number of carbonyl (C=O) groups excluding carboxylic acids is 4. The Balaban J connectivity index is 1.86. The lowest BCUT2D eigenvalue weighted by atomic mass is 9.92. The summed E-state index contributed by atoms with van der Waals surface area (Å²) < 4.78 is 31.1. The molecular weight excluding hydrogens is 448 g/mol. The van der Waals surface area contributed by atoms with Crippen LogP contribution in [0.3, 0.4) is 0 Å². The third-order valence-electron chi connectivity index (χ3n) is 4.93. The van der Waals surface area contributed by atoms with Crippen molar-refractivity contribution >= 4 is 23.5 Å². The van der Waals surface area contributed by atoms with Gasteiger partial charge < -0.3 is 28.4 Å². The van der Waals surface area contributed by atoms with Crippen molar-refractivity contribution in [1.82, 2.24) is 0 Å². The van der Waals surface area contributed by atoms with Gasteiger partial charge in [-0.05, 0) is 50.2 Å². The van der Waals surface area contributed by atoms with Crippen LogP contribution in [0.25, 0.3) is 0 Å². The van der Waals surface area contributed by atoms with E-state index < -0.39 is 34.7 Å². The first-order chi connectivity index (χ1) is 16.4. The van der Waals surface area contributed by atoms with Crippen LogP contribution in [0.15, 0.2) is 47.5 Å². The minimum absolute atomic E-state index is 0.00686. The number of esters is 2. The molecular formula is C24H20O10. The van der Waals surface area contributed by atoms with Crippen LogP contribution in [0.1, 0.15) is 34.6 Å². The van der Waals surface area contributed by atoms with Crippen molar-refractivity contribution in [3.05, 3.63) is 58.7 Å². The number of fused-ring (bicyclic) bond motifs is 2. The Hall–Kier alpha value is -4.34. The quantitative estimate of drug-likeness (QED) is 0.188. The van der Waals surface area contributed by atoms with Gasteiger partial charge in [0.1, 0.15) is 11.1 Å². The first-order valence-corrected chi connectivity index (χ1v) is 10.4. The number of hydrogen-bond donors (Lipinski definition) is 0. The third kappa shape index (κ3) is 4.29. The average Bonchev–Trinajstić information content (AvgIpc) is 3.50. The van der Waals surface area contributed by atoms with Crippen LogP contribution in [0, 0.1) is 0 Å². The lowest BCUT2D eigenvalue weighted by Gasteiger charge is -2.13. The highest BCUT2D eigenvalue weighted by atomic mass is 16.7. The summed E-state index contributed by atoms with van der Waals surface area (Å²) in [6, 6.07) is 8.48. The van der Waals surface area contributed by atoms with Crippen molar-refractivity contribution in [1.29, 1.82) is 0 Å². The number of ketones is 2. The van der Waals surface area contributed by atoms with E-state index in [1.807, 2.05) is 0 Å². The number of Topliss-reactive ketones (excluding diaryl/α,β-unsaturated/α-hetero) is 2. The summed E-state index contributed by atoms with van der Waals surface area (Å²) in [6.07, 6.45) is 0. The van der Waals surface area contributed by atoms with Gasteiger partial charge in [-0.1, -0.05) is 0 Å². The van der Waals surface area contributed by atoms with E-state index in [0.717, 1.165) is 0 Å². The highest BCUT2D eigenvalue weighted by Gasteiger charge is 2.35. The normalized spacial score (nSPS) is 13.7. The summed E-state index contributed by atoms with van der Waals surface area (Å²) in [5.41, 5.74) is -1.51. The molecule has 176 valence electrons. The fraction of sp³-hybridized carbons (Fsp3) is 0.250. The van der Waals surface area contributed by atoms with E-state index in [4.69, 9.17) is 28.4 Å². The second-order valence-electron chi connectivity index (χ2n) is 6.99. The molecule has 10 nitrogen and oxygen atoms in total. The van der Waals surface area contributed by atoms with Gasteiger partial charge in [-0.25, -0.2) is 9.59 Å². The summed E-state index contributed by atoms with van der Waals surface area (Å²) in [5.74, 6) is -2.68. The van der Waals surface area contributed by atoms with Crippen molar-refractivity contribution in [2.75, 3.05) is 26.8 Å². The molecule has 0 atom stereocenters. The molecule has 2 aliphatic rings. The van der Waals surface area contributed by atoms with Gasteiger partial charge in [0, 0.05) is 11.1 Å². The van der Waals surface area contributed by atoms with Gasteiger partial charge >= 0.3 is 11.9 Å². The van der Waals surface area contributed by atoms with Crippen molar-refractivity contribution in [2.24, 2.45) is 0 Å². The predicted molar refractivity (Wildman–Crippen MR) is 114 cm³/mol. The minimum Gasteiger partial charge on any atom is -0.462 e. The Kier molecular flexibility index (Phi) is 6.48. The molecule has 2 aromatic rings. The molecule has 0 radical (unpaired) electrons. The third-order valence-corrected chi connectivity index (χ3v) is 4.93. The molecule has 0 bridgehead atoms. The van der Waals surface area contributed by atoms with Crippen molar-refractivity contribution in [3.63, 3.8) is 0 Å². The molecule has 0 unspecified atom stereocenters. The summed E-state index contributed by atoms with van der Waals surface area (Å²) in [4.78, 5) is 52.8. The van der Waals surface area contributed by atoms with Gasteiger partial charge in [-0.15, -0.1) is 0 Å². The SMILES string of the molecule is CCOC(=O)/C(C(=O)c1ccc2c(c1)OCO2)=C(/C(=O)OCC)C(=O)c1ccc2c(c1)OCO2. The maximum Gasteiger partial charge on any atom is 0.343 e. The van der Waals surface area contributed by atoms with E-state index in [2.05, 4.69) is 0 Å². The fourth-order valence-electron chi connectivity index (χ4n) is 3.39. The Morgan fingerprint density at radius 3 is 1.41 bits per heavy atom. The standard InChI is InChI=1S/C24H20O10/c1-3-29-23(27)19(21(25)13-5-7-15-17(9-13)33-11-31-15)20(24(28)30-4-2)22(26)14-6-8-16-18(10-14)34-12-32-16/h5-10H,3-4,11-12H2,1-2H3/b20-19+. The van der Waals surface area contributed by atoms with Crippen LogP contribution in [0.5, 0.6) is 23.0 Å². The van der Waals surface area contributed by atoms with Gasteiger partial charge in [0.05, 0.1) is 13.2 Å². The van der Waals surface area contributed by atoms with Gasteiger partial charge in [0.15, 0.2) is 23.0 Å². The summed E-state index contributed by atoms with van der Waals surface area (Å²) >= 11 is 0. The number of benzene rings is 2. The number of hydrogen-bond acceptors (Lipinski definition) is 10. The summed E-state index contributed by atoms with van der Waals surface area (Å²) in [6.45, 7) is 2.83. The van der Waals surface area contributed by atoms with E-state index in [9.17, 15) is 19.2 Å². The maximum absolute atomic E-state index is 13.5.